The van der Waals surface area contributed by atoms with Crippen LogP contribution in [-0.2, 0) is 0 Å². The van der Waals surface area contributed by atoms with Gasteiger partial charge in [-0.15, -0.1) is 0 Å². The molecule has 1 nitrogen and oxygen atoms in total. The van der Waals surface area contributed by atoms with Gasteiger partial charge in [-0.2, -0.15) is 0 Å². The van der Waals surface area contributed by atoms with Crippen LogP contribution in [0.15, 0.2) is 0 Å². The van der Waals surface area contributed by atoms with E-state index in [1.54, 1.807) is 0 Å². The largest absolute Gasteiger partial charge is 0.303 e. The molecular weight excluding hydrogens is 146 g/mol. The maximum atomic E-state index is 3.45. The predicted molar refractivity (Wildman–Crippen MR) is 53.1 cm³/mol. The maximum Gasteiger partial charge on any atom is 0.00500 e. The third kappa shape index (κ3) is 4.10. The van der Waals surface area contributed by atoms with Crippen LogP contribution in [0.5, 0.6) is 0 Å². The minimum Gasteiger partial charge on any atom is -0.303 e. The highest BCUT2D eigenvalue weighted by Crippen LogP contribution is 2.09. The van der Waals surface area contributed by atoms with Gasteiger partial charge >= 0.3 is 0 Å². The molecule has 0 aromatic carbocycles. The van der Waals surface area contributed by atoms with Gasteiger partial charge < -0.3 is 4.90 Å². The predicted octanol–water partition coefficient (Wildman–Crippen LogP) is 2.74. The molecule has 0 amide bonds. The van der Waals surface area contributed by atoms with Crippen LogP contribution in [0.3, 0.4) is 0 Å². The fourth-order valence-electron chi connectivity index (χ4n) is 1.68. The highest BCUT2D eigenvalue weighted by Gasteiger charge is 2.07. The quantitative estimate of drug-likeness (QED) is 0.582. The Hall–Kier alpha value is -0.0400. The molecule has 1 aliphatic rings. The molecule has 1 rings (SSSR count). The highest BCUT2D eigenvalue weighted by molar-refractivity contribution is 4.75. The van der Waals surface area contributed by atoms with E-state index >= 15 is 0 Å². The summed E-state index contributed by atoms with van der Waals surface area (Å²) in [5, 5.41) is 0. The molecular formula is C11H21N. The first-order chi connectivity index (χ1) is 5.93. The first-order valence-electron chi connectivity index (χ1n) is 5.36. The van der Waals surface area contributed by atoms with E-state index in [1.807, 2.05) is 0 Å². The minimum atomic E-state index is 1.11. The number of nitrogens with zero attached hydrogens (tertiary/aromatic N) is 1. The third-order valence-electron chi connectivity index (χ3n) is 2.49. The molecule has 12 heavy (non-hydrogen) atoms. The molecule has 1 saturated heterocycles. The highest BCUT2D eigenvalue weighted by atomic mass is 15.1. The summed E-state index contributed by atoms with van der Waals surface area (Å²) in [6, 6.07) is 0. The zero-order valence-corrected chi connectivity index (χ0v) is 8.31. The summed E-state index contributed by atoms with van der Waals surface area (Å²) in [6.45, 7) is 5.97. The smallest absolute Gasteiger partial charge is 0.00500 e. The summed E-state index contributed by atoms with van der Waals surface area (Å²) in [5.74, 6) is 0. The Bertz CT molecular complexity index is 93.2. The molecule has 0 aromatic heterocycles. The number of rotatable bonds is 4. The Morgan fingerprint density at radius 3 is 3.00 bits per heavy atom. The lowest BCUT2D eigenvalue weighted by Gasteiger charge is -2.18. The number of unbranched alkanes of at least 4 members (excludes halogenated alkanes) is 2. The van der Waals surface area contributed by atoms with Crippen molar-refractivity contribution in [3.8, 4) is 0 Å². The summed E-state index contributed by atoms with van der Waals surface area (Å²) in [4.78, 5) is 2.54. The van der Waals surface area contributed by atoms with Crippen molar-refractivity contribution in [3.05, 3.63) is 6.42 Å². The van der Waals surface area contributed by atoms with Crippen LogP contribution in [0.4, 0.5) is 0 Å². The summed E-state index contributed by atoms with van der Waals surface area (Å²) >= 11 is 0. The standard InChI is InChI=1S/C11H21N/c1-2-3-6-9-12-10-7-4-5-8-11-12/h2-7,9-11H2,1H3. The normalized spacial score (nSPS) is 20.8. The lowest BCUT2D eigenvalue weighted by Crippen LogP contribution is -2.25. The molecule has 0 N–H and O–H groups in total. The van der Waals surface area contributed by atoms with Crippen molar-refractivity contribution in [3.63, 3.8) is 0 Å². The first kappa shape index (κ1) is 10.0. The van der Waals surface area contributed by atoms with E-state index in [4.69, 9.17) is 0 Å². The second-order valence-electron chi connectivity index (χ2n) is 3.69. The summed E-state index contributed by atoms with van der Waals surface area (Å²) in [7, 11) is 0. The van der Waals surface area contributed by atoms with Crippen LogP contribution in [0.25, 0.3) is 0 Å². The lowest BCUT2D eigenvalue weighted by molar-refractivity contribution is 0.294. The lowest BCUT2D eigenvalue weighted by atomic mass is 10.2. The Labute approximate surface area is 77.1 Å². The molecule has 0 atom stereocenters. The molecule has 1 heteroatoms. The summed E-state index contributed by atoms with van der Waals surface area (Å²) < 4.78 is 0. The van der Waals surface area contributed by atoms with Crippen molar-refractivity contribution in [1.82, 2.24) is 4.90 Å². The molecule has 1 fully saturated rings. The molecule has 1 aliphatic heterocycles. The fraction of sp³-hybridized carbons (Fsp3) is 0.909. The molecule has 0 aliphatic carbocycles. The van der Waals surface area contributed by atoms with Gasteiger partial charge in [0.2, 0.25) is 0 Å². The zero-order chi connectivity index (χ0) is 8.65. The van der Waals surface area contributed by atoms with E-state index in [0.717, 1.165) is 6.54 Å². The van der Waals surface area contributed by atoms with Gasteiger partial charge in [0, 0.05) is 6.54 Å². The third-order valence-corrected chi connectivity index (χ3v) is 2.49. The van der Waals surface area contributed by atoms with E-state index in [-0.39, 0.29) is 0 Å². The number of likely N-dealkylation sites (tertiary alicyclic amines) is 1. The van der Waals surface area contributed by atoms with E-state index < -0.39 is 0 Å². The van der Waals surface area contributed by atoms with Crippen molar-refractivity contribution in [2.24, 2.45) is 0 Å². The average molecular weight is 167 g/mol. The van der Waals surface area contributed by atoms with Gasteiger partial charge in [0.15, 0.2) is 0 Å². The Balaban J connectivity index is 2.04. The molecule has 0 bridgehead atoms. The maximum absolute atomic E-state index is 3.45. The molecule has 0 aromatic rings. The van der Waals surface area contributed by atoms with E-state index in [0.29, 0.717) is 0 Å². The van der Waals surface area contributed by atoms with Crippen molar-refractivity contribution < 1.29 is 0 Å². The Morgan fingerprint density at radius 2 is 2.17 bits per heavy atom. The minimum absolute atomic E-state index is 1.11. The number of hydrogen-bond acceptors (Lipinski definition) is 1. The molecule has 0 unspecified atom stereocenters. The van der Waals surface area contributed by atoms with Gasteiger partial charge in [0.05, 0.1) is 0 Å². The molecule has 0 saturated carbocycles. The summed E-state index contributed by atoms with van der Waals surface area (Å²) in [5.41, 5.74) is 0. The monoisotopic (exact) mass is 167 g/mol. The van der Waals surface area contributed by atoms with Gasteiger partial charge in [-0.3, -0.25) is 0 Å². The molecule has 0 spiro atoms. The zero-order valence-electron chi connectivity index (χ0n) is 8.31. The molecule has 2 radical (unpaired) electrons. The van der Waals surface area contributed by atoms with Crippen molar-refractivity contribution in [2.45, 2.75) is 45.4 Å². The van der Waals surface area contributed by atoms with Gasteiger partial charge in [0.1, 0.15) is 0 Å². The van der Waals surface area contributed by atoms with Gasteiger partial charge in [-0.05, 0) is 38.8 Å². The van der Waals surface area contributed by atoms with Crippen LogP contribution in [0, 0.1) is 6.42 Å². The van der Waals surface area contributed by atoms with Crippen LogP contribution in [-0.4, -0.2) is 24.5 Å². The SMILES string of the molecule is CCCCCN1C[C]CCCC1. The van der Waals surface area contributed by atoms with Crippen LogP contribution in [0.1, 0.15) is 45.4 Å². The summed E-state index contributed by atoms with van der Waals surface area (Å²) in [6.07, 6.45) is 11.5. The Kier molecular flexibility index (Phi) is 5.42. The van der Waals surface area contributed by atoms with Gasteiger partial charge in [0.25, 0.3) is 0 Å². The van der Waals surface area contributed by atoms with Gasteiger partial charge in [-0.25, -0.2) is 0 Å². The topological polar surface area (TPSA) is 3.24 Å². The van der Waals surface area contributed by atoms with Crippen LogP contribution >= 0.6 is 0 Å². The van der Waals surface area contributed by atoms with Crippen molar-refractivity contribution in [1.29, 1.82) is 0 Å². The second kappa shape index (κ2) is 6.47. The molecule has 70 valence electrons. The average Bonchev–Trinajstić information content (AvgIpc) is 2.33. The van der Waals surface area contributed by atoms with Gasteiger partial charge in [-0.1, -0.05) is 26.2 Å². The van der Waals surface area contributed by atoms with E-state index in [1.165, 1.54) is 51.6 Å². The fourth-order valence-corrected chi connectivity index (χ4v) is 1.68. The number of hydrogen-bond donors (Lipinski definition) is 0. The van der Waals surface area contributed by atoms with Crippen molar-refractivity contribution >= 4 is 0 Å². The second-order valence-corrected chi connectivity index (χ2v) is 3.69. The van der Waals surface area contributed by atoms with Crippen LogP contribution in [0.2, 0.25) is 0 Å². The van der Waals surface area contributed by atoms with E-state index in [9.17, 15) is 0 Å². The van der Waals surface area contributed by atoms with E-state index in [2.05, 4.69) is 18.2 Å². The van der Waals surface area contributed by atoms with Crippen molar-refractivity contribution in [2.75, 3.05) is 19.6 Å². The van der Waals surface area contributed by atoms with Crippen LogP contribution < -0.4 is 0 Å². The molecule has 1 heterocycles. The Morgan fingerprint density at radius 1 is 1.25 bits per heavy atom. The first-order valence-corrected chi connectivity index (χ1v) is 5.36.